The minimum absolute atomic E-state index is 0.135. The molecule has 138 valence electrons. The molecule has 2 N–H and O–H groups in total. The second-order valence-corrected chi connectivity index (χ2v) is 6.51. The first-order valence-electron chi connectivity index (χ1n) is 9.04. The summed E-state index contributed by atoms with van der Waals surface area (Å²) < 4.78 is 5.39. The monoisotopic (exact) mass is 354 g/mol. The average Bonchev–Trinajstić information content (AvgIpc) is 2.68. The summed E-state index contributed by atoms with van der Waals surface area (Å²) in [6.45, 7) is 6.88. The van der Waals surface area contributed by atoms with Gasteiger partial charge >= 0.3 is 6.03 Å². The summed E-state index contributed by atoms with van der Waals surface area (Å²) in [6.07, 6.45) is 1.73. The second-order valence-electron chi connectivity index (χ2n) is 6.51. The Bertz CT molecular complexity index is 702. The zero-order chi connectivity index (χ0) is 18.2. The van der Waals surface area contributed by atoms with Gasteiger partial charge in [0.15, 0.2) is 0 Å². The van der Waals surface area contributed by atoms with Gasteiger partial charge in [0.1, 0.15) is 0 Å². The van der Waals surface area contributed by atoms with Gasteiger partial charge in [-0.1, -0.05) is 30.3 Å². The number of hydrogen-bond acceptors (Lipinski definition) is 4. The first kappa shape index (κ1) is 18.4. The van der Waals surface area contributed by atoms with Crippen molar-refractivity contribution in [3.05, 3.63) is 65.5 Å². The van der Waals surface area contributed by atoms with E-state index in [1.54, 1.807) is 6.20 Å². The number of nitrogens with zero attached hydrogens (tertiary/aromatic N) is 2. The van der Waals surface area contributed by atoms with Crippen LogP contribution in [0.2, 0.25) is 0 Å². The summed E-state index contributed by atoms with van der Waals surface area (Å²) in [5.74, 6) is 0. The summed E-state index contributed by atoms with van der Waals surface area (Å²) in [6, 6.07) is 13.7. The number of nitrogens with one attached hydrogen (secondary N) is 2. The number of benzene rings is 1. The quantitative estimate of drug-likeness (QED) is 0.836. The Balaban J connectivity index is 1.48. The first-order valence-corrected chi connectivity index (χ1v) is 9.04. The zero-order valence-corrected chi connectivity index (χ0v) is 15.1. The fraction of sp³-hybridized carbons (Fsp3) is 0.400. The number of urea groups is 1. The molecule has 3 rings (SSSR count). The van der Waals surface area contributed by atoms with Crippen LogP contribution in [0.25, 0.3) is 0 Å². The van der Waals surface area contributed by atoms with E-state index in [0.29, 0.717) is 6.54 Å². The summed E-state index contributed by atoms with van der Waals surface area (Å²) in [5.41, 5.74) is 3.19. The molecular weight excluding hydrogens is 328 g/mol. The molecule has 1 aliphatic heterocycles. The highest BCUT2D eigenvalue weighted by atomic mass is 16.5. The minimum atomic E-state index is -0.193. The zero-order valence-electron chi connectivity index (χ0n) is 15.1. The second kappa shape index (κ2) is 9.31. The Morgan fingerprint density at radius 2 is 2.00 bits per heavy atom. The van der Waals surface area contributed by atoms with Crippen LogP contribution in [0.3, 0.4) is 0 Å². The smallest absolute Gasteiger partial charge is 0.315 e. The van der Waals surface area contributed by atoms with E-state index >= 15 is 0 Å². The lowest BCUT2D eigenvalue weighted by atomic mass is 10.1. The van der Waals surface area contributed by atoms with E-state index in [-0.39, 0.29) is 12.1 Å². The van der Waals surface area contributed by atoms with Crippen molar-refractivity contribution >= 4 is 6.03 Å². The number of carbonyl (C=O) groups excluding carboxylic acids is 1. The predicted octanol–water partition coefficient (Wildman–Crippen LogP) is 2.47. The lowest BCUT2D eigenvalue weighted by Crippen LogP contribution is -2.37. The molecule has 2 amide bonds. The minimum Gasteiger partial charge on any atom is -0.379 e. The van der Waals surface area contributed by atoms with Gasteiger partial charge in [-0.25, -0.2) is 4.79 Å². The maximum atomic E-state index is 12.1. The van der Waals surface area contributed by atoms with E-state index in [0.717, 1.165) is 44.1 Å². The lowest BCUT2D eigenvalue weighted by molar-refractivity contribution is 0.0342. The molecule has 0 radical (unpaired) electrons. The van der Waals surface area contributed by atoms with Crippen LogP contribution >= 0.6 is 0 Å². The van der Waals surface area contributed by atoms with E-state index in [1.807, 2.05) is 37.3 Å². The molecule has 1 aliphatic rings. The van der Waals surface area contributed by atoms with E-state index in [4.69, 9.17) is 4.74 Å². The summed E-state index contributed by atoms with van der Waals surface area (Å²) >= 11 is 0. The van der Waals surface area contributed by atoms with Crippen LogP contribution in [0, 0.1) is 0 Å². The first-order chi connectivity index (χ1) is 12.7. The highest BCUT2D eigenvalue weighted by Gasteiger charge is 2.12. The summed E-state index contributed by atoms with van der Waals surface area (Å²) in [7, 11) is 0. The molecule has 2 heterocycles. The molecule has 6 nitrogen and oxygen atoms in total. The number of ether oxygens (including phenoxy) is 1. The van der Waals surface area contributed by atoms with Crippen LogP contribution in [0.15, 0.2) is 48.7 Å². The highest BCUT2D eigenvalue weighted by Crippen LogP contribution is 2.10. The van der Waals surface area contributed by atoms with Gasteiger partial charge in [-0.15, -0.1) is 0 Å². The van der Waals surface area contributed by atoms with Crippen molar-refractivity contribution in [2.75, 3.05) is 26.3 Å². The Kier molecular flexibility index (Phi) is 6.57. The third-order valence-electron chi connectivity index (χ3n) is 4.43. The highest BCUT2D eigenvalue weighted by molar-refractivity contribution is 5.74. The number of aromatic nitrogens is 1. The van der Waals surface area contributed by atoms with Crippen LogP contribution in [0.1, 0.15) is 29.8 Å². The van der Waals surface area contributed by atoms with Crippen molar-refractivity contribution in [3.63, 3.8) is 0 Å². The number of carbonyl (C=O) groups is 1. The van der Waals surface area contributed by atoms with Gasteiger partial charge < -0.3 is 15.4 Å². The van der Waals surface area contributed by atoms with Gasteiger partial charge in [-0.2, -0.15) is 0 Å². The van der Waals surface area contributed by atoms with Gasteiger partial charge in [0.2, 0.25) is 0 Å². The molecular formula is C20H26N4O2. The number of pyridine rings is 1. The van der Waals surface area contributed by atoms with Gasteiger partial charge in [0, 0.05) is 32.4 Å². The maximum Gasteiger partial charge on any atom is 0.315 e. The molecule has 26 heavy (non-hydrogen) atoms. The molecule has 0 aliphatic carbocycles. The van der Waals surface area contributed by atoms with Crippen LogP contribution < -0.4 is 10.6 Å². The maximum absolute atomic E-state index is 12.1. The molecule has 1 atom stereocenters. The number of morpholine rings is 1. The van der Waals surface area contributed by atoms with Gasteiger partial charge in [0.05, 0.1) is 24.9 Å². The molecule has 1 aromatic heterocycles. The van der Waals surface area contributed by atoms with Crippen molar-refractivity contribution in [2.45, 2.75) is 26.1 Å². The molecule has 6 heteroatoms. The average molecular weight is 354 g/mol. The Morgan fingerprint density at radius 1 is 1.19 bits per heavy atom. The Morgan fingerprint density at radius 3 is 2.77 bits per heavy atom. The van der Waals surface area contributed by atoms with Crippen molar-refractivity contribution in [1.29, 1.82) is 0 Å². The third kappa shape index (κ3) is 5.54. The Hall–Kier alpha value is -2.44. The standard InChI is InChI=1S/C20H26N4O2/c1-16(19-7-2-3-8-21-19)23-20(25)22-14-17-5-4-6-18(13-17)15-24-9-11-26-12-10-24/h2-8,13,16H,9-12,14-15H2,1H3,(H2,22,23,25)/t16-/m1/s1. The van der Waals surface area contributed by atoms with Gasteiger partial charge in [-0.05, 0) is 30.2 Å². The summed E-state index contributed by atoms with van der Waals surface area (Å²) in [4.78, 5) is 18.8. The van der Waals surface area contributed by atoms with Crippen molar-refractivity contribution in [3.8, 4) is 0 Å². The summed E-state index contributed by atoms with van der Waals surface area (Å²) in [5, 5.41) is 5.83. The fourth-order valence-corrected chi connectivity index (χ4v) is 2.99. The number of hydrogen-bond donors (Lipinski definition) is 2. The van der Waals surface area contributed by atoms with Gasteiger partial charge in [0.25, 0.3) is 0 Å². The molecule has 0 spiro atoms. The molecule has 1 saturated heterocycles. The van der Waals surface area contributed by atoms with Crippen molar-refractivity contribution in [1.82, 2.24) is 20.5 Å². The van der Waals surface area contributed by atoms with Crippen LogP contribution in [-0.2, 0) is 17.8 Å². The van der Waals surface area contributed by atoms with E-state index in [9.17, 15) is 4.79 Å². The van der Waals surface area contributed by atoms with Crippen LogP contribution in [0.4, 0.5) is 4.79 Å². The predicted molar refractivity (Wildman–Crippen MR) is 101 cm³/mol. The van der Waals surface area contributed by atoms with E-state index < -0.39 is 0 Å². The SMILES string of the molecule is C[C@@H](NC(=O)NCc1cccc(CN2CCOCC2)c1)c1ccccn1. The van der Waals surface area contributed by atoms with E-state index in [2.05, 4.69) is 32.7 Å². The molecule has 1 fully saturated rings. The number of rotatable bonds is 6. The topological polar surface area (TPSA) is 66.5 Å². The van der Waals surface area contributed by atoms with Crippen LogP contribution in [-0.4, -0.2) is 42.2 Å². The molecule has 0 saturated carbocycles. The molecule has 2 aromatic rings. The van der Waals surface area contributed by atoms with Gasteiger partial charge in [-0.3, -0.25) is 9.88 Å². The fourth-order valence-electron chi connectivity index (χ4n) is 2.99. The van der Waals surface area contributed by atoms with E-state index in [1.165, 1.54) is 5.56 Å². The number of amides is 2. The van der Waals surface area contributed by atoms with Crippen molar-refractivity contribution in [2.24, 2.45) is 0 Å². The lowest BCUT2D eigenvalue weighted by Gasteiger charge is -2.26. The van der Waals surface area contributed by atoms with Crippen molar-refractivity contribution < 1.29 is 9.53 Å². The Labute approximate surface area is 154 Å². The van der Waals surface area contributed by atoms with Crippen LogP contribution in [0.5, 0.6) is 0 Å². The third-order valence-corrected chi connectivity index (χ3v) is 4.43. The molecule has 1 aromatic carbocycles. The molecule has 0 bridgehead atoms. The molecule has 0 unspecified atom stereocenters. The largest absolute Gasteiger partial charge is 0.379 e. The normalized spacial score (nSPS) is 16.0.